The van der Waals surface area contributed by atoms with Crippen LogP contribution in [0.3, 0.4) is 0 Å². The number of carbonyl (C=O) groups excluding carboxylic acids is 3. The number of hydrogen-bond acceptors (Lipinski definition) is 10. The Hall–Kier alpha value is -1.78. The Morgan fingerprint density at radius 3 is 0.958 bits per heavy atom. The maximum atomic E-state index is 12.9. The largest absolute Gasteiger partial charge is 0.472 e. The number of hydrogen-bond donors (Lipinski definition) is 2. The smallest absolute Gasteiger partial charge is 0.462 e. The quantitative estimate of drug-likeness (QED) is 0.0197. The van der Waals surface area contributed by atoms with Gasteiger partial charge in [0.1, 0.15) is 12.7 Å². The minimum atomic E-state index is -4.74. The van der Waals surface area contributed by atoms with Gasteiger partial charge in [-0.15, -0.1) is 0 Å². The predicted molar refractivity (Wildman–Crippen MR) is 298 cm³/mol. The van der Waals surface area contributed by atoms with E-state index in [4.69, 9.17) is 23.3 Å². The Morgan fingerprint density at radius 1 is 0.375 bits per heavy atom. The molecule has 2 N–H and O–H groups in total. The molecule has 426 valence electrons. The first-order chi connectivity index (χ1) is 35.2. The van der Waals surface area contributed by atoms with Crippen molar-refractivity contribution in [3.63, 3.8) is 0 Å². The first kappa shape index (κ1) is 70.2. The van der Waals surface area contributed by atoms with Crippen LogP contribution in [0, 0.1) is 0 Å². The van der Waals surface area contributed by atoms with Gasteiger partial charge in [0.25, 0.3) is 0 Å². The fourth-order valence-corrected chi connectivity index (χ4v) is 9.78. The van der Waals surface area contributed by atoms with Crippen LogP contribution in [-0.2, 0) is 42.2 Å². The Morgan fingerprint density at radius 2 is 0.639 bits per heavy atom. The van der Waals surface area contributed by atoms with E-state index >= 15 is 0 Å². The van der Waals surface area contributed by atoms with Crippen LogP contribution < -0.4 is 0 Å². The summed E-state index contributed by atoms with van der Waals surface area (Å²) in [5.41, 5.74) is 0. The summed E-state index contributed by atoms with van der Waals surface area (Å²) in [6.07, 6.45) is 54.4. The highest BCUT2D eigenvalue weighted by atomic mass is 31.2. The van der Waals surface area contributed by atoms with Gasteiger partial charge in [-0.25, -0.2) is 4.57 Å². The molecule has 0 aliphatic carbocycles. The first-order valence-corrected chi connectivity index (χ1v) is 32.1. The molecule has 0 radical (unpaired) electrons. The molecule has 0 saturated heterocycles. The zero-order valence-electron chi connectivity index (χ0n) is 47.2. The number of aliphatic hydroxyl groups is 1. The molecule has 0 aliphatic heterocycles. The van der Waals surface area contributed by atoms with Gasteiger partial charge in [-0.2, -0.15) is 0 Å². The van der Waals surface area contributed by atoms with E-state index in [2.05, 4.69) is 32.9 Å². The van der Waals surface area contributed by atoms with Crippen molar-refractivity contribution in [1.82, 2.24) is 0 Å². The van der Waals surface area contributed by atoms with E-state index in [0.717, 1.165) is 77.0 Å². The number of phosphoric ester groups is 1. The molecule has 0 aromatic heterocycles. The molecule has 0 fully saturated rings. The Labute approximate surface area is 443 Å². The van der Waals surface area contributed by atoms with Crippen molar-refractivity contribution in [3.8, 4) is 0 Å². The lowest BCUT2D eigenvalue weighted by Crippen LogP contribution is -2.30. The zero-order valence-corrected chi connectivity index (χ0v) is 48.1. The maximum Gasteiger partial charge on any atom is 0.472 e. The molecular weight excluding hydrogens is 928 g/mol. The number of rotatable bonds is 58. The predicted octanol–water partition coefficient (Wildman–Crippen LogP) is 18.0. The van der Waals surface area contributed by atoms with Gasteiger partial charge in [-0.3, -0.25) is 23.4 Å². The minimum absolute atomic E-state index is 0.165. The molecule has 72 heavy (non-hydrogen) atoms. The van der Waals surface area contributed by atoms with Crippen molar-refractivity contribution in [2.75, 3.05) is 26.4 Å². The molecule has 0 bridgehead atoms. The van der Waals surface area contributed by atoms with Crippen LogP contribution in [0.2, 0.25) is 0 Å². The molecule has 0 saturated carbocycles. The molecule has 0 aliphatic rings. The van der Waals surface area contributed by atoms with E-state index in [-0.39, 0.29) is 25.9 Å². The fraction of sp³-hybridized carbons (Fsp3) is 0.917. The number of esters is 3. The fourth-order valence-electron chi connectivity index (χ4n) is 9.00. The molecule has 0 spiro atoms. The molecule has 11 nitrogen and oxygen atoms in total. The van der Waals surface area contributed by atoms with Crippen molar-refractivity contribution in [3.05, 3.63) is 12.2 Å². The molecule has 0 aromatic carbocycles. The molecule has 0 amide bonds. The number of allylic oxidation sites excluding steroid dienone is 2. The summed E-state index contributed by atoms with van der Waals surface area (Å²) >= 11 is 0. The van der Waals surface area contributed by atoms with Gasteiger partial charge in [0, 0.05) is 19.3 Å². The third-order valence-corrected chi connectivity index (χ3v) is 14.6. The monoisotopic (exact) mass is 1040 g/mol. The van der Waals surface area contributed by atoms with Gasteiger partial charge in [0.05, 0.1) is 19.8 Å². The van der Waals surface area contributed by atoms with E-state index in [1.807, 2.05) is 0 Å². The van der Waals surface area contributed by atoms with E-state index in [0.29, 0.717) is 19.3 Å². The van der Waals surface area contributed by atoms with Crippen LogP contribution in [0.5, 0.6) is 0 Å². The van der Waals surface area contributed by atoms with Crippen LogP contribution in [0.25, 0.3) is 0 Å². The van der Waals surface area contributed by atoms with Gasteiger partial charge >= 0.3 is 25.7 Å². The summed E-state index contributed by atoms with van der Waals surface area (Å²) in [6.45, 7) is 4.70. The van der Waals surface area contributed by atoms with Crippen LogP contribution >= 0.6 is 7.82 Å². The van der Waals surface area contributed by atoms with Crippen molar-refractivity contribution in [1.29, 1.82) is 0 Å². The van der Waals surface area contributed by atoms with Gasteiger partial charge in [0.2, 0.25) is 0 Å². The normalized spacial score (nSPS) is 13.3. The Bertz CT molecular complexity index is 1260. The van der Waals surface area contributed by atoms with Gasteiger partial charge in [-0.1, -0.05) is 264 Å². The SMILES string of the molecule is CCCCCCCC/C=C\CCCCCCCC(=O)OC(COC(=O)CCCCCCCCCCCCCCCCC)COP(=O)(O)OCC(CO)OC(=O)CCCCCCCCCCCCCCCCC. The highest BCUT2D eigenvalue weighted by Crippen LogP contribution is 2.43. The standard InChI is InChI=1S/C60H115O11P/c1-4-7-10-13-16-19-22-25-28-31-34-37-40-43-46-49-58(62)67-53-57(71-60(64)51-48-45-42-39-36-33-30-27-24-21-18-15-12-9-6-3)55-69-72(65,66)68-54-56(52-61)70-59(63)50-47-44-41-38-35-32-29-26-23-20-17-14-11-8-5-2/h27,30,56-57,61H,4-26,28-29,31-55H2,1-3H3,(H,65,66)/b30-27-. The van der Waals surface area contributed by atoms with Gasteiger partial charge < -0.3 is 24.2 Å². The lowest BCUT2D eigenvalue weighted by atomic mass is 10.0. The van der Waals surface area contributed by atoms with Crippen LogP contribution in [0.4, 0.5) is 0 Å². The highest BCUT2D eigenvalue weighted by molar-refractivity contribution is 7.47. The number of ether oxygens (including phenoxy) is 3. The van der Waals surface area contributed by atoms with Crippen molar-refractivity contribution >= 4 is 25.7 Å². The van der Waals surface area contributed by atoms with Gasteiger partial charge in [0.15, 0.2) is 6.10 Å². The lowest BCUT2D eigenvalue weighted by molar-refractivity contribution is -0.161. The number of carbonyl (C=O) groups is 3. The minimum Gasteiger partial charge on any atom is -0.462 e. The molecular formula is C60H115O11P. The second-order valence-corrected chi connectivity index (χ2v) is 22.3. The third-order valence-electron chi connectivity index (χ3n) is 13.7. The molecule has 0 rings (SSSR count). The molecule has 3 unspecified atom stereocenters. The third kappa shape index (κ3) is 53.1. The number of phosphoric acid groups is 1. The highest BCUT2D eigenvalue weighted by Gasteiger charge is 2.28. The number of unbranched alkanes of at least 4 members (excludes halogenated alkanes) is 39. The van der Waals surface area contributed by atoms with Crippen LogP contribution in [-0.4, -0.2) is 66.5 Å². The summed E-state index contributed by atoms with van der Waals surface area (Å²) in [5, 5.41) is 9.82. The molecule has 12 heteroatoms. The molecule has 3 atom stereocenters. The summed E-state index contributed by atoms with van der Waals surface area (Å²) in [4.78, 5) is 48.6. The topological polar surface area (TPSA) is 155 Å². The number of aliphatic hydroxyl groups excluding tert-OH is 1. The Balaban J connectivity index is 4.66. The summed E-state index contributed by atoms with van der Waals surface area (Å²) in [6, 6.07) is 0. The van der Waals surface area contributed by atoms with Crippen molar-refractivity contribution in [2.24, 2.45) is 0 Å². The lowest BCUT2D eigenvalue weighted by Gasteiger charge is -2.21. The summed E-state index contributed by atoms with van der Waals surface area (Å²) < 4.78 is 39.6. The van der Waals surface area contributed by atoms with E-state index in [1.54, 1.807) is 0 Å². The van der Waals surface area contributed by atoms with E-state index in [9.17, 15) is 28.9 Å². The van der Waals surface area contributed by atoms with Gasteiger partial charge in [-0.05, 0) is 44.9 Å². The second-order valence-electron chi connectivity index (χ2n) is 20.9. The van der Waals surface area contributed by atoms with E-state index < -0.39 is 57.8 Å². The average Bonchev–Trinajstić information content (AvgIpc) is 3.37. The second kappa shape index (κ2) is 55.5. The summed E-state index contributed by atoms with van der Waals surface area (Å²) in [7, 11) is -4.74. The Kier molecular flexibility index (Phi) is 54.1. The first-order valence-electron chi connectivity index (χ1n) is 30.6. The maximum absolute atomic E-state index is 12.9. The van der Waals surface area contributed by atoms with Crippen LogP contribution in [0.15, 0.2) is 12.2 Å². The average molecular weight is 1040 g/mol. The summed E-state index contributed by atoms with van der Waals surface area (Å²) in [5.74, 6) is -1.44. The molecule has 0 aromatic rings. The van der Waals surface area contributed by atoms with E-state index in [1.165, 1.54) is 180 Å². The zero-order chi connectivity index (χ0) is 52.7. The van der Waals surface area contributed by atoms with Crippen molar-refractivity contribution < 1.29 is 52.2 Å². The van der Waals surface area contributed by atoms with Crippen LogP contribution in [0.1, 0.15) is 316 Å². The molecule has 0 heterocycles. The van der Waals surface area contributed by atoms with Crippen molar-refractivity contribution in [2.45, 2.75) is 328 Å².